The summed E-state index contributed by atoms with van der Waals surface area (Å²) < 4.78 is 27.6. The molecular formula is C13H20N4O2S2. The van der Waals surface area contributed by atoms with E-state index in [0.717, 1.165) is 11.3 Å². The summed E-state index contributed by atoms with van der Waals surface area (Å²) in [6.45, 7) is 4.12. The quantitative estimate of drug-likeness (QED) is 0.717. The molecule has 8 heteroatoms. The molecule has 2 aromatic heterocycles. The van der Waals surface area contributed by atoms with Crippen molar-refractivity contribution in [2.75, 3.05) is 7.05 Å². The van der Waals surface area contributed by atoms with E-state index in [9.17, 15) is 8.42 Å². The number of nitrogens with one attached hydrogen (secondary N) is 3. The molecule has 0 aliphatic heterocycles. The summed E-state index contributed by atoms with van der Waals surface area (Å²) in [7, 11) is -1.85. The Hall–Kier alpha value is -1.22. The van der Waals surface area contributed by atoms with E-state index in [0.29, 0.717) is 18.5 Å². The van der Waals surface area contributed by atoms with Crippen LogP contribution in [0.5, 0.6) is 0 Å². The van der Waals surface area contributed by atoms with Crippen LogP contribution >= 0.6 is 11.3 Å². The number of hydrogen-bond acceptors (Lipinski definition) is 5. The van der Waals surface area contributed by atoms with E-state index in [1.165, 1.54) is 0 Å². The fourth-order valence-electron chi connectivity index (χ4n) is 2.16. The van der Waals surface area contributed by atoms with Crippen molar-refractivity contribution in [1.82, 2.24) is 20.2 Å². The van der Waals surface area contributed by atoms with Crippen LogP contribution in [0.15, 0.2) is 21.9 Å². The summed E-state index contributed by atoms with van der Waals surface area (Å²) in [4.78, 5) is 0. The van der Waals surface area contributed by atoms with E-state index >= 15 is 0 Å². The van der Waals surface area contributed by atoms with E-state index in [2.05, 4.69) is 20.2 Å². The van der Waals surface area contributed by atoms with Crippen molar-refractivity contribution in [2.45, 2.75) is 37.9 Å². The van der Waals surface area contributed by atoms with Crippen molar-refractivity contribution in [3.05, 3.63) is 33.6 Å². The molecule has 116 valence electrons. The second kappa shape index (κ2) is 6.69. The van der Waals surface area contributed by atoms with Crippen molar-refractivity contribution in [2.24, 2.45) is 0 Å². The number of nitrogens with zero attached hydrogens (tertiary/aromatic N) is 1. The highest BCUT2D eigenvalue weighted by Gasteiger charge is 2.25. The van der Waals surface area contributed by atoms with Crippen molar-refractivity contribution in [1.29, 1.82) is 0 Å². The molecule has 2 rings (SSSR count). The maximum Gasteiger partial charge on any atom is 0.260 e. The zero-order valence-electron chi connectivity index (χ0n) is 12.3. The van der Waals surface area contributed by atoms with Gasteiger partial charge in [0.1, 0.15) is 0 Å². The molecule has 0 amide bonds. The molecule has 2 heterocycles. The summed E-state index contributed by atoms with van der Waals surface area (Å²) in [5.74, 6) is 0. The lowest BCUT2D eigenvalue weighted by atomic mass is 10.1. The molecule has 0 radical (unpaired) electrons. The van der Waals surface area contributed by atoms with Crippen molar-refractivity contribution < 1.29 is 8.42 Å². The van der Waals surface area contributed by atoms with Crippen LogP contribution in [0.3, 0.4) is 0 Å². The summed E-state index contributed by atoms with van der Waals surface area (Å²) in [5.41, 5.74) is 2.56. The van der Waals surface area contributed by atoms with Gasteiger partial charge in [-0.2, -0.15) is 16.4 Å². The van der Waals surface area contributed by atoms with Gasteiger partial charge >= 0.3 is 0 Å². The molecule has 0 saturated carbocycles. The molecule has 21 heavy (non-hydrogen) atoms. The standard InChI is InChI=1S/C13H20N4O2S2/c1-9(6-11-4-5-20-8-11)17-21(18,19)13-12(7-14-3)10(2)15-16-13/h4-5,8-9,14,17H,6-7H2,1-3H3,(H,15,16). The largest absolute Gasteiger partial charge is 0.316 e. The molecule has 6 nitrogen and oxygen atoms in total. The van der Waals surface area contributed by atoms with Crippen LogP contribution < -0.4 is 10.0 Å². The number of aromatic nitrogens is 2. The third kappa shape index (κ3) is 3.91. The molecule has 0 aliphatic rings. The number of rotatable bonds is 7. The van der Waals surface area contributed by atoms with Gasteiger partial charge in [-0.05, 0) is 49.7 Å². The van der Waals surface area contributed by atoms with Gasteiger partial charge in [-0.25, -0.2) is 13.1 Å². The van der Waals surface area contributed by atoms with Crippen molar-refractivity contribution in [3.8, 4) is 0 Å². The van der Waals surface area contributed by atoms with E-state index in [4.69, 9.17) is 0 Å². The fraction of sp³-hybridized carbons (Fsp3) is 0.462. The van der Waals surface area contributed by atoms with Gasteiger partial charge in [-0.1, -0.05) is 0 Å². The Labute approximate surface area is 129 Å². The first-order chi connectivity index (χ1) is 9.94. The Balaban J connectivity index is 2.14. The molecule has 0 spiro atoms. The van der Waals surface area contributed by atoms with Gasteiger partial charge in [0.2, 0.25) is 0 Å². The normalized spacial score (nSPS) is 13.5. The minimum atomic E-state index is -3.62. The Kier molecular flexibility index (Phi) is 5.15. The first-order valence-corrected chi connectivity index (χ1v) is 9.08. The molecule has 1 atom stereocenters. The van der Waals surface area contributed by atoms with Gasteiger partial charge in [0, 0.05) is 23.8 Å². The van der Waals surface area contributed by atoms with Crippen molar-refractivity contribution in [3.63, 3.8) is 0 Å². The maximum atomic E-state index is 12.5. The van der Waals surface area contributed by atoms with Crippen LogP contribution in [-0.2, 0) is 23.0 Å². The molecule has 0 bridgehead atoms. The lowest BCUT2D eigenvalue weighted by Gasteiger charge is -2.13. The van der Waals surface area contributed by atoms with E-state index in [-0.39, 0.29) is 11.1 Å². The molecule has 1 unspecified atom stereocenters. The average Bonchev–Trinajstić information content (AvgIpc) is 3.00. The highest BCUT2D eigenvalue weighted by Crippen LogP contribution is 2.17. The Bertz CT molecular complexity index is 677. The summed E-state index contributed by atoms with van der Waals surface area (Å²) >= 11 is 1.61. The van der Waals surface area contributed by atoms with Crippen molar-refractivity contribution >= 4 is 21.4 Å². The summed E-state index contributed by atoms with van der Waals surface area (Å²) in [6, 6.07) is 1.81. The highest BCUT2D eigenvalue weighted by molar-refractivity contribution is 7.89. The number of sulfonamides is 1. The van der Waals surface area contributed by atoms with Gasteiger partial charge < -0.3 is 5.32 Å². The number of thiophene rings is 1. The van der Waals surface area contributed by atoms with Crippen LogP contribution in [0, 0.1) is 6.92 Å². The third-order valence-electron chi connectivity index (χ3n) is 3.12. The first kappa shape index (κ1) is 16.2. The SMILES string of the molecule is CNCc1c(S(=O)(=O)NC(C)Cc2ccsc2)n[nH]c1C. The Morgan fingerprint density at radius 1 is 1.48 bits per heavy atom. The third-order valence-corrected chi connectivity index (χ3v) is 5.41. The zero-order chi connectivity index (χ0) is 15.5. The Morgan fingerprint density at radius 3 is 2.86 bits per heavy atom. The molecule has 0 aromatic carbocycles. The molecular weight excluding hydrogens is 308 g/mol. The second-order valence-electron chi connectivity index (χ2n) is 5.02. The van der Waals surface area contributed by atoms with Crippen LogP contribution in [0.1, 0.15) is 23.7 Å². The maximum absolute atomic E-state index is 12.5. The lowest BCUT2D eigenvalue weighted by Crippen LogP contribution is -2.35. The van der Waals surface area contributed by atoms with E-state index < -0.39 is 10.0 Å². The fourth-order valence-corrected chi connectivity index (χ4v) is 4.28. The smallest absolute Gasteiger partial charge is 0.260 e. The summed E-state index contributed by atoms with van der Waals surface area (Å²) in [5, 5.41) is 13.7. The Morgan fingerprint density at radius 2 is 2.24 bits per heavy atom. The predicted octanol–water partition coefficient (Wildman–Crippen LogP) is 1.41. The van der Waals surface area contributed by atoms with E-state index in [1.54, 1.807) is 18.4 Å². The number of hydrogen-bond donors (Lipinski definition) is 3. The minimum Gasteiger partial charge on any atom is -0.316 e. The van der Waals surface area contributed by atoms with Gasteiger partial charge in [-0.3, -0.25) is 5.10 Å². The van der Waals surface area contributed by atoms with Crippen LogP contribution in [0.25, 0.3) is 0 Å². The summed E-state index contributed by atoms with van der Waals surface area (Å²) in [6.07, 6.45) is 0.660. The van der Waals surface area contributed by atoms with Crippen LogP contribution in [-0.4, -0.2) is 31.7 Å². The topological polar surface area (TPSA) is 86.9 Å². The monoisotopic (exact) mass is 328 g/mol. The molecule has 0 saturated heterocycles. The lowest BCUT2D eigenvalue weighted by molar-refractivity contribution is 0.554. The minimum absolute atomic E-state index is 0.0755. The van der Waals surface area contributed by atoms with Crippen LogP contribution in [0.4, 0.5) is 0 Å². The zero-order valence-corrected chi connectivity index (χ0v) is 13.9. The van der Waals surface area contributed by atoms with Gasteiger partial charge in [0.25, 0.3) is 10.0 Å². The molecule has 2 aromatic rings. The van der Waals surface area contributed by atoms with Gasteiger partial charge in [0.05, 0.1) is 0 Å². The molecule has 0 fully saturated rings. The van der Waals surface area contributed by atoms with Crippen LogP contribution in [0.2, 0.25) is 0 Å². The second-order valence-corrected chi connectivity index (χ2v) is 7.43. The number of aromatic amines is 1. The van der Waals surface area contributed by atoms with Gasteiger partial charge in [0.15, 0.2) is 5.03 Å². The molecule has 3 N–H and O–H groups in total. The number of H-pyrrole nitrogens is 1. The predicted molar refractivity (Wildman–Crippen MR) is 83.9 cm³/mol. The number of aryl methyl sites for hydroxylation is 1. The molecule has 0 aliphatic carbocycles. The highest BCUT2D eigenvalue weighted by atomic mass is 32.2. The van der Waals surface area contributed by atoms with E-state index in [1.807, 2.05) is 30.7 Å². The average molecular weight is 328 g/mol. The van der Waals surface area contributed by atoms with Gasteiger partial charge in [-0.15, -0.1) is 0 Å². The first-order valence-electron chi connectivity index (χ1n) is 6.66.